The third-order valence-corrected chi connectivity index (χ3v) is 5.68. The summed E-state index contributed by atoms with van der Waals surface area (Å²) in [6.45, 7) is 4.67. The Bertz CT molecular complexity index is 1030. The second-order valence-electron chi connectivity index (χ2n) is 6.20. The first-order valence-corrected chi connectivity index (χ1v) is 10.1. The molecule has 1 N–H and O–H groups in total. The number of hydrogen-bond acceptors (Lipinski definition) is 5. The number of amides is 1. The molecule has 146 valence electrons. The Kier molecular flexibility index (Phi) is 6.54. The van der Waals surface area contributed by atoms with E-state index in [9.17, 15) is 4.79 Å². The van der Waals surface area contributed by atoms with E-state index in [0.717, 1.165) is 27.6 Å². The minimum absolute atomic E-state index is 0.338. The van der Waals surface area contributed by atoms with Crippen molar-refractivity contribution >= 4 is 45.1 Å². The second kappa shape index (κ2) is 9.08. The van der Waals surface area contributed by atoms with Crippen LogP contribution >= 0.6 is 22.9 Å². The fourth-order valence-electron chi connectivity index (χ4n) is 2.63. The SMILES string of the molecule is CCCOc1ccc(/C=N\NC(=O)c2sc3cc(C)ccc3c2Cl)cc1OC. The predicted molar refractivity (Wildman–Crippen MR) is 115 cm³/mol. The molecule has 0 bridgehead atoms. The van der Waals surface area contributed by atoms with Crippen LogP contribution in [0.15, 0.2) is 41.5 Å². The number of ether oxygens (including phenoxy) is 2. The molecule has 28 heavy (non-hydrogen) atoms. The topological polar surface area (TPSA) is 59.9 Å². The molecular weight excluding hydrogens is 396 g/mol. The molecule has 7 heteroatoms. The van der Waals surface area contributed by atoms with Gasteiger partial charge in [0.1, 0.15) is 4.88 Å². The van der Waals surface area contributed by atoms with Crippen molar-refractivity contribution in [2.24, 2.45) is 5.10 Å². The summed E-state index contributed by atoms with van der Waals surface area (Å²) in [6, 6.07) is 11.4. The highest BCUT2D eigenvalue weighted by Gasteiger charge is 2.16. The highest BCUT2D eigenvalue weighted by Crippen LogP contribution is 2.35. The first-order valence-electron chi connectivity index (χ1n) is 8.86. The van der Waals surface area contributed by atoms with Gasteiger partial charge in [0.15, 0.2) is 11.5 Å². The predicted octanol–water partition coefficient (Wildman–Crippen LogP) is 5.42. The Labute approximate surface area is 172 Å². The molecule has 0 aliphatic heterocycles. The Hall–Kier alpha value is -2.57. The van der Waals surface area contributed by atoms with Gasteiger partial charge in [-0.1, -0.05) is 30.7 Å². The summed E-state index contributed by atoms with van der Waals surface area (Å²) in [5, 5.41) is 5.37. The first kappa shape index (κ1) is 20.2. The van der Waals surface area contributed by atoms with Crippen LogP contribution in [0.3, 0.4) is 0 Å². The third-order valence-electron chi connectivity index (χ3n) is 4.02. The standard InChI is InChI=1S/C21H21ClN2O3S/c1-4-9-27-16-8-6-14(11-17(16)26-3)12-23-24-21(25)20-19(22)15-7-5-13(2)10-18(15)28-20/h5-8,10-12H,4,9H2,1-3H3,(H,24,25)/b23-12-. The molecular formula is C21H21ClN2O3S. The summed E-state index contributed by atoms with van der Waals surface area (Å²) >= 11 is 7.72. The van der Waals surface area contributed by atoms with Gasteiger partial charge in [0, 0.05) is 10.1 Å². The van der Waals surface area contributed by atoms with Crippen molar-refractivity contribution in [1.29, 1.82) is 0 Å². The van der Waals surface area contributed by atoms with E-state index in [1.165, 1.54) is 11.3 Å². The molecule has 0 atom stereocenters. The largest absolute Gasteiger partial charge is 0.493 e. The van der Waals surface area contributed by atoms with Gasteiger partial charge in [-0.3, -0.25) is 4.79 Å². The van der Waals surface area contributed by atoms with E-state index in [1.54, 1.807) is 19.4 Å². The molecule has 5 nitrogen and oxygen atoms in total. The Balaban J connectivity index is 1.72. The lowest BCUT2D eigenvalue weighted by molar-refractivity contribution is 0.0959. The number of hydrazone groups is 1. The molecule has 3 aromatic rings. The van der Waals surface area contributed by atoms with E-state index >= 15 is 0 Å². The minimum Gasteiger partial charge on any atom is -0.493 e. The molecule has 1 aromatic heterocycles. The summed E-state index contributed by atoms with van der Waals surface area (Å²) in [6.07, 6.45) is 2.47. The maximum absolute atomic E-state index is 12.5. The average molecular weight is 417 g/mol. The van der Waals surface area contributed by atoms with Crippen LogP contribution in [0.1, 0.15) is 34.1 Å². The van der Waals surface area contributed by atoms with Gasteiger partial charge in [0.05, 0.1) is 25.0 Å². The molecule has 0 saturated carbocycles. The molecule has 1 amide bonds. The van der Waals surface area contributed by atoms with Gasteiger partial charge in [-0.25, -0.2) is 5.43 Å². The van der Waals surface area contributed by atoms with Crippen molar-refractivity contribution in [3.63, 3.8) is 0 Å². The zero-order valence-corrected chi connectivity index (χ0v) is 17.5. The van der Waals surface area contributed by atoms with E-state index in [4.69, 9.17) is 21.1 Å². The van der Waals surface area contributed by atoms with Gasteiger partial charge >= 0.3 is 0 Å². The number of nitrogens with one attached hydrogen (secondary N) is 1. The second-order valence-corrected chi connectivity index (χ2v) is 7.63. The van der Waals surface area contributed by atoms with E-state index < -0.39 is 0 Å². The minimum atomic E-state index is -0.338. The van der Waals surface area contributed by atoms with Crippen LogP contribution < -0.4 is 14.9 Å². The monoisotopic (exact) mass is 416 g/mol. The van der Waals surface area contributed by atoms with Crippen molar-refractivity contribution < 1.29 is 14.3 Å². The van der Waals surface area contributed by atoms with E-state index in [-0.39, 0.29) is 5.91 Å². The lowest BCUT2D eigenvalue weighted by Crippen LogP contribution is -2.16. The molecule has 0 fully saturated rings. The Morgan fingerprint density at radius 3 is 2.82 bits per heavy atom. The normalized spacial score (nSPS) is 11.1. The summed E-state index contributed by atoms with van der Waals surface area (Å²) in [4.78, 5) is 12.9. The van der Waals surface area contributed by atoms with Gasteiger partial charge < -0.3 is 9.47 Å². The fraction of sp³-hybridized carbons (Fsp3) is 0.238. The number of aryl methyl sites for hydroxylation is 1. The van der Waals surface area contributed by atoms with Gasteiger partial charge in [0.25, 0.3) is 5.91 Å². The van der Waals surface area contributed by atoms with E-state index in [2.05, 4.69) is 10.5 Å². The maximum Gasteiger partial charge on any atom is 0.283 e. The quantitative estimate of drug-likeness (QED) is 0.413. The van der Waals surface area contributed by atoms with Crippen LogP contribution in [0.25, 0.3) is 10.1 Å². The Morgan fingerprint density at radius 1 is 1.25 bits per heavy atom. The van der Waals surface area contributed by atoms with Crippen molar-refractivity contribution in [2.75, 3.05) is 13.7 Å². The van der Waals surface area contributed by atoms with E-state index in [1.807, 2.05) is 44.2 Å². The van der Waals surface area contributed by atoms with Crippen LogP contribution in [0.5, 0.6) is 11.5 Å². The molecule has 0 aliphatic rings. The van der Waals surface area contributed by atoms with Crippen LogP contribution in [-0.4, -0.2) is 25.8 Å². The average Bonchev–Trinajstić information content (AvgIpc) is 3.02. The molecule has 0 radical (unpaired) electrons. The number of carbonyl (C=O) groups is 1. The Morgan fingerprint density at radius 2 is 2.07 bits per heavy atom. The molecule has 0 saturated heterocycles. The fourth-order valence-corrected chi connectivity index (χ4v) is 4.14. The maximum atomic E-state index is 12.5. The highest BCUT2D eigenvalue weighted by molar-refractivity contribution is 7.21. The number of fused-ring (bicyclic) bond motifs is 1. The number of benzene rings is 2. The number of nitrogens with zero attached hydrogens (tertiary/aromatic N) is 1. The van der Waals surface area contributed by atoms with Crippen molar-refractivity contribution in [3.8, 4) is 11.5 Å². The van der Waals surface area contributed by atoms with Crippen molar-refractivity contribution in [1.82, 2.24) is 5.43 Å². The molecule has 2 aromatic carbocycles. The zero-order chi connectivity index (χ0) is 20.1. The van der Waals surface area contributed by atoms with Crippen LogP contribution in [0.4, 0.5) is 0 Å². The molecule has 3 rings (SSSR count). The van der Waals surface area contributed by atoms with Gasteiger partial charge in [0.2, 0.25) is 0 Å². The van der Waals surface area contributed by atoms with Crippen LogP contribution in [-0.2, 0) is 0 Å². The van der Waals surface area contributed by atoms with Crippen molar-refractivity contribution in [3.05, 3.63) is 57.4 Å². The van der Waals surface area contributed by atoms with Gasteiger partial charge in [-0.05, 0) is 48.7 Å². The number of halogens is 1. The number of thiophene rings is 1. The van der Waals surface area contributed by atoms with E-state index in [0.29, 0.717) is 28.0 Å². The van der Waals surface area contributed by atoms with Crippen LogP contribution in [0.2, 0.25) is 5.02 Å². The summed E-state index contributed by atoms with van der Waals surface area (Å²) < 4.78 is 12.0. The third kappa shape index (κ3) is 4.46. The molecule has 0 spiro atoms. The molecule has 0 unspecified atom stereocenters. The van der Waals surface area contributed by atoms with Crippen LogP contribution in [0, 0.1) is 6.92 Å². The molecule has 1 heterocycles. The summed E-state index contributed by atoms with van der Waals surface area (Å²) in [5.41, 5.74) is 4.43. The van der Waals surface area contributed by atoms with Crippen molar-refractivity contribution in [2.45, 2.75) is 20.3 Å². The van der Waals surface area contributed by atoms with Gasteiger partial charge in [-0.2, -0.15) is 5.10 Å². The summed E-state index contributed by atoms with van der Waals surface area (Å²) in [7, 11) is 1.59. The lowest BCUT2D eigenvalue weighted by atomic mass is 10.2. The number of methoxy groups -OCH3 is 1. The summed E-state index contributed by atoms with van der Waals surface area (Å²) in [5.74, 6) is 0.958. The smallest absolute Gasteiger partial charge is 0.283 e. The number of hydrogen-bond donors (Lipinski definition) is 1. The van der Waals surface area contributed by atoms with Gasteiger partial charge in [-0.15, -0.1) is 11.3 Å². The highest BCUT2D eigenvalue weighted by atomic mass is 35.5. The zero-order valence-electron chi connectivity index (χ0n) is 15.9. The molecule has 0 aliphatic carbocycles. The number of carbonyl (C=O) groups excluding carboxylic acids is 1. The first-order chi connectivity index (χ1) is 13.5. The lowest BCUT2D eigenvalue weighted by Gasteiger charge is -2.10. The number of rotatable bonds is 7.